The molecule has 0 spiro atoms. The number of nitrogens with zero attached hydrogens (tertiary/aromatic N) is 3. The number of benzene rings is 1. The van der Waals surface area contributed by atoms with Crippen LogP contribution in [0.4, 0.5) is 10.3 Å². The van der Waals surface area contributed by atoms with Crippen LogP contribution in [0.5, 0.6) is 0 Å². The lowest BCUT2D eigenvalue weighted by atomic mass is 9.98. The third kappa shape index (κ3) is 4.12. The summed E-state index contributed by atoms with van der Waals surface area (Å²) in [5, 5.41) is 10.4. The van der Waals surface area contributed by atoms with Crippen LogP contribution in [0.15, 0.2) is 22.7 Å². The molecule has 0 bridgehead atoms. The zero-order valence-electron chi connectivity index (χ0n) is 13.1. The maximum Gasteiger partial charge on any atom is 0.259 e. The van der Waals surface area contributed by atoms with E-state index in [9.17, 15) is 9.18 Å². The van der Waals surface area contributed by atoms with Gasteiger partial charge in [-0.2, -0.15) is 10.1 Å². The van der Waals surface area contributed by atoms with Gasteiger partial charge in [-0.3, -0.25) is 10.1 Å². The van der Waals surface area contributed by atoms with Crippen LogP contribution in [0.3, 0.4) is 0 Å². The molecule has 2 aromatic rings. The van der Waals surface area contributed by atoms with Crippen LogP contribution in [0.2, 0.25) is 0 Å². The minimum absolute atomic E-state index is 0. The van der Waals surface area contributed by atoms with E-state index < -0.39 is 5.82 Å². The Morgan fingerprint density at radius 3 is 2.79 bits per heavy atom. The van der Waals surface area contributed by atoms with Gasteiger partial charge in [-0.25, -0.2) is 9.07 Å². The Labute approximate surface area is 153 Å². The van der Waals surface area contributed by atoms with Crippen molar-refractivity contribution >= 4 is 40.2 Å². The molecular formula is C15H18BrClFN5O. The summed E-state index contributed by atoms with van der Waals surface area (Å²) in [7, 11) is 1.74. The van der Waals surface area contributed by atoms with Gasteiger partial charge < -0.3 is 5.32 Å². The molecule has 130 valence electrons. The molecule has 0 aliphatic carbocycles. The van der Waals surface area contributed by atoms with Gasteiger partial charge >= 0.3 is 0 Å². The van der Waals surface area contributed by atoms with Crippen LogP contribution in [-0.2, 0) is 7.05 Å². The molecule has 0 radical (unpaired) electrons. The van der Waals surface area contributed by atoms with Crippen molar-refractivity contribution in [3.8, 4) is 0 Å². The molecular weight excluding hydrogens is 401 g/mol. The average Bonchev–Trinajstić information content (AvgIpc) is 2.89. The summed E-state index contributed by atoms with van der Waals surface area (Å²) in [6.45, 7) is 1.90. The van der Waals surface area contributed by atoms with Gasteiger partial charge in [0, 0.05) is 17.4 Å². The predicted octanol–water partition coefficient (Wildman–Crippen LogP) is 2.86. The van der Waals surface area contributed by atoms with Crippen LogP contribution in [-0.4, -0.2) is 33.8 Å². The monoisotopic (exact) mass is 417 g/mol. The first-order chi connectivity index (χ1) is 11.0. The molecule has 9 heteroatoms. The highest BCUT2D eigenvalue weighted by Crippen LogP contribution is 2.24. The minimum atomic E-state index is -0.403. The summed E-state index contributed by atoms with van der Waals surface area (Å²) in [5.41, 5.74) is 0.345. The number of hydrogen-bond acceptors (Lipinski definition) is 4. The van der Waals surface area contributed by atoms with E-state index in [1.54, 1.807) is 11.7 Å². The Kier molecular flexibility index (Phi) is 6.31. The summed E-state index contributed by atoms with van der Waals surface area (Å²) in [6.07, 6.45) is 1.97. The molecule has 1 aliphatic rings. The Morgan fingerprint density at radius 1 is 1.42 bits per heavy atom. The maximum absolute atomic E-state index is 13.1. The second kappa shape index (κ2) is 8.04. The molecule has 1 amide bonds. The Balaban J connectivity index is 0.00000208. The summed E-state index contributed by atoms with van der Waals surface area (Å²) in [5.74, 6) is 0.692. The number of nitrogens with one attached hydrogen (secondary N) is 2. The number of carbonyl (C=O) groups excluding carboxylic acids is 1. The number of amides is 1. The molecule has 1 fully saturated rings. The van der Waals surface area contributed by atoms with Crippen LogP contribution >= 0.6 is 28.3 Å². The topological polar surface area (TPSA) is 71.8 Å². The molecule has 2 N–H and O–H groups in total. The van der Waals surface area contributed by atoms with Gasteiger partial charge in [-0.15, -0.1) is 12.4 Å². The van der Waals surface area contributed by atoms with Crippen molar-refractivity contribution in [2.24, 2.45) is 7.05 Å². The van der Waals surface area contributed by atoms with Gasteiger partial charge in [0.1, 0.15) is 5.82 Å². The number of rotatable bonds is 3. The van der Waals surface area contributed by atoms with Crippen molar-refractivity contribution in [3.05, 3.63) is 39.9 Å². The number of aromatic nitrogens is 3. The zero-order chi connectivity index (χ0) is 16.4. The largest absolute Gasteiger partial charge is 0.317 e. The van der Waals surface area contributed by atoms with Crippen LogP contribution < -0.4 is 10.6 Å². The fraction of sp³-hybridized carbons (Fsp3) is 0.400. The SMILES string of the molecule is Cl.Cn1nc(C2CCNCC2)nc1NC(=O)c1ccc(F)cc1Br. The highest BCUT2D eigenvalue weighted by Gasteiger charge is 2.22. The smallest absolute Gasteiger partial charge is 0.259 e. The number of aryl methyl sites for hydroxylation is 1. The van der Waals surface area contributed by atoms with Crippen molar-refractivity contribution in [1.82, 2.24) is 20.1 Å². The third-order valence-corrected chi connectivity index (χ3v) is 4.54. The van der Waals surface area contributed by atoms with Gasteiger partial charge in [0.15, 0.2) is 5.82 Å². The van der Waals surface area contributed by atoms with E-state index in [0.29, 0.717) is 21.9 Å². The second-order valence-corrected chi connectivity index (χ2v) is 6.37. The van der Waals surface area contributed by atoms with Crippen molar-refractivity contribution < 1.29 is 9.18 Å². The molecule has 2 heterocycles. The fourth-order valence-electron chi connectivity index (χ4n) is 2.61. The number of halogens is 3. The average molecular weight is 419 g/mol. The molecule has 24 heavy (non-hydrogen) atoms. The number of hydrogen-bond donors (Lipinski definition) is 2. The van der Waals surface area contributed by atoms with E-state index in [1.807, 2.05) is 0 Å². The van der Waals surface area contributed by atoms with E-state index >= 15 is 0 Å². The summed E-state index contributed by atoms with van der Waals surface area (Å²) in [6, 6.07) is 3.93. The lowest BCUT2D eigenvalue weighted by Gasteiger charge is -2.19. The number of piperidine rings is 1. The van der Waals surface area contributed by atoms with Gasteiger partial charge in [0.05, 0.1) is 5.56 Å². The number of anilines is 1. The van der Waals surface area contributed by atoms with Crippen LogP contribution in [0, 0.1) is 5.82 Å². The van der Waals surface area contributed by atoms with Crippen LogP contribution in [0.1, 0.15) is 34.9 Å². The van der Waals surface area contributed by atoms with E-state index in [0.717, 1.165) is 31.8 Å². The van der Waals surface area contributed by atoms with Gasteiger partial charge in [-0.1, -0.05) is 0 Å². The Hall–Kier alpha value is -1.51. The third-order valence-electron chi connectivity index (χ3n) is 3.88. The minimum Gasteiger partial charge on any atom is -0.317 e. The summed E-state index contributed by atoms with van der Waals surface area (Å²) >= 11 is 3.20. The standard InChI is InChI=1S/C15H17BrFN5O.ClH/c1-22-15(19-13(21-22)9-4-6-18-7-5-9)20-14(23)11-3-2-10(17)8-12(11)16;/h2-3,8-9,18H,4-7H2,1H3,(H,19,20,21,23);1H. The molecule has 1 aliphatic heterocycles. The normalized spacial score (nSPS) is 15.0. The number of carbonyl (C=O) groups is 1. The molecule has 1 aromatic carbocycles. The highest BCUT2D eigenvalue weighted by molar-refractivity contribution is 9.10. The quantitative estimate of drug-likeness (QED) is 0.804. The fourth-order valence-corrected chi connectivity index (χ4v) is 3.14. The van der Waals surface area contributed by atoms with Crippen molar-refractivity contribution in [1.29, 1.82) is 0 Å². The van der Waals surface area contributed by atoms with E-state index in [4.69, 9.17) is 0 Å². The lowest BCUT2D eigenvalue weighted by Crippen LogP contribution is -2.27. The Bertz CT molecular complexity index is 733. The van der Waals surface area contributed by atoms with Crippen molar-refractivity contribution in [2.75, 3.05) is 18.4 Å². The Morgan fingerprint density at radius 2 is 2.12 bits per heavy atom. The van der Waals surface area contributed by atoms with Crippen molar-refractivity contribution in [2.45, 2.75) is 18.8 Å². The zero-order valence-corrected chi connectivity index (χ0v) is 15.5. The van der Waals surface area contributed by atoms with Crippen molar-refractivity contribution in [3.63, 3.8) is 0 Å². The molecule has 0 saturated carbocycles. The molecule has 0 atom stereocenters. The van der Waals surface area contributed by atoms with Gasteiger partial charge in [0.25, 0.3) is 5.91 Å². The first-order valence-electron chi connectivity index (χ1n) is 7.42. The first kappa shape index (κ1) is 18.8. The van der Waals surface area contributed by atoms with E-state index in [1.165, 1.54) is 18.2 Å². The summed E-state index contributed by atoms with van der Waals surface area (Å²) < 4.78 is 15.1. The molecule has 3 rings (SSSR count). The summed E-state index contributed by atoms with van der Waals surface area (Å²) in [4.78, 5) is 16.8. The molecule has 1 aromatic heterocycles. The lowest BCUT2D eigenvalue weighted by molar-refractivity contribution is 0.102. The van der Waals surface area contributed by atoms with Gasteiger partial charge in [0.2, 0.25) is 5.95 Å². The van der Waals surface area contributed by atoms with Crippen LogP contribution in [0.25, 0.3) is 0 Å². The van der Waals surface area contributed by atoms with E-state index in [2.05, 4.69) is 36.6 Å². The molecule has 0 unspecified atom stereocenters. The second-order valence-electron chi connectivity index (χ2n) is 5.52. The predicted molar refractivity (Wildman–Crippen MR) is 95.1 cm³/mol. The molecule has 1 saturated heterocycles. The highest BCUT2D eigenvalue weighted by atomic mass is 79.9. The van der Waals surface area contributed by atoms with E-state index in [-0.39, 0.29) is 18.3 Å². The first-order valence-corrected chi connectivity index (χ1v) is 8.22. The maximum atomic E-state index is 13.1. The molecule has 6 nitrogen and oxygen atoms in total. The van der Waals surface area contributed by atoms with Gasteiger partial charge in [-0.05, 0) is 60.1 Å².